The molecule has 182 valence electrons. The van der Waals surface area contributed by atoms with Crippen LogP contribution < -0.4 is 0 Å². The van der Waals surface area contributed by atoms with Gasteiger partial charge in [-0.1, -0.05) is 60.7 Å². The maximum absolute atomic E-state index is 13.0. The molecule has 0 bridgehead atoms. The predicted molar refractivity (Wildman–Crippen MR) is 126 cm³/mol. The van der Waals surface area contributed by atoms with Gasteiger partial charge in [-0.15, -0.1) is 0 Å². The van der Waals surface area contributed by atoms with Crippen molar-refractivity contribution in [3.8, 4) is 0 Å². The summed E-state index contributed by atoms with van der Waals surface area (Å²) >= 11 is 0. The Morgan fingerprint density at radius 2 is 1.44 bits per heavy atom. The fourth-order valence-corrected chi connectivity index (χ4v) is 3.63. The van der Waals surface area contributed by atoms with E-state index in [1.54, 1.807) is 27.8 Å². The zero-order valence-corrected chi connectivity index (χ0v) is 20.1. The molecule has 0 unspecified atom stereocenters. The van der Waals surface area contributed by atoms with Crippen molar-refractivity contribution in [2.24, 2.45) is 0 Å². The zero-order chi connectivity index (χ0) is 24.7. The van der Waals surface area contributed by atoms with Crippen LogP contribution in [0.25, 0.3) is 0 Å². The molecule has 1 heterocycles. The second-order valence-corrected chi connectivity index (χ2v) is 9.28. The van der Waals surface area contributed by atoms with Crippen molar-refractivity contribution in [3.63, 3.8) is 0 Å². The Kier molecular flexibility index (Phi) is 8.15. The highest BCUT2D eigenvalue weighted by Crippen LogP contribution is 2.25. The minimum absolute atomic E-state index is 0.0779. The summed E-state index contributed by atoms with van der Waals surface area (Å²) in [6.45, 7) is 5.65. The number of esters is 1. The standard InChI is InChI=1S/C26H32N2O6/c1-26(2,3)34-24(30)27(4)21-15-22(23(29)32-17-19-11-7-5-8-12-19)28(16-21)25(31)33-18-20-13-9-6-10-14-20/h5-14,21-22H,15-18H2,1-4H3/t21-,22+/m1/s1. The third-order valence-corrected chi connectivity index (χ3v) is 5.44. The summed E-state index contributed by atoms with van der Waals surface area (Å²) in [5.74, 6) is -0.541. The van der Waals surface area contributed by atoms with E-state index < -0.39 is 35.8 Å². The summed E-state index contributed by atoms with van der Waals surface area (Å²) in [5, 5.41) is 0. The number of amides is 2. The molecule has 2 atom stereocenters. The summed E-state index contributed by atoms with van der Waals surface area (Å²) in [5.41, 5.74) is 1.02. The Hall–Kier alpha value is -3.55. The molecule has 0 N–H and O–H groups in total. The van der Waals surface area contributed by atoms with E-state index in [0.29, 0.717) is 0 Å². The first kappa shape index (κ1) is 25.1. The average Bonchev–Trinajstić information content (AvgIpc) is 3.26. The first-order chi connectivity index (χ1) is 16.1. The van der Waals surface area contributed by atoms with E-state index >= 15 is 0 Å². The fraction of sp³-hybridized carbons (Fsp3) is 0.423. The number of likely N-dealkylation sites (N-methyl/N-ethyl adjacent to an activating group) is 1. The number of carbonyl (C=O) groups excluding carboxylic acids is 3. The van der Waals surface area contributed by atoms with Crippen molar-refractivity contribution < 1.29 is 28.6 Å². The molecule has 3 rings (SSSR count). The van der Waals surface area contributed by atoms with E-state index in [1.807, 2.05) is 60.7 Å². The van der Waals surface area contributed by atoms with Gasteiger partial charge in [-0.3, -0.25) is 4.90 Å². The first-order valence-electron chi connectivity index (χ1n) is 11.3. The van der Waals surface area contributed by atoms with Crippen LogP contribution in [0.15, 0.2) is 60.7 Å². The van der Waals surface area contributed by atoms with Crippen LogP contribution in [0.1, 0.15) is 38.3 Å². The second-order valence-electron chi connectivity index (χ2n) is 9.28. The van der Waals surface area contributed by atoms with Gasteiger partial charge in [0, 0.05) is 20.0 Å². The Morgan fingerprint density at radius 1 is 0.912 bits per heavy atom. The first-order valence-corrected chi connectivity index (χ1v) is 11.3. The fourth-order valence-electron chi connectivity index (χ4n) is 3.63. The number of likely N-dealkylation sites (tertiary alicyclic amines) is 1. The van der Waals surface area contributed by atoms with Gasteiger partial charge in [0.15, 0.2) is 0 Å². The van der Waals surface area contributed by atoms with Crippen molar-refractivity contribution in [2.45, 2.75) is 58.1 Å². The lowest BCUT2D eigenvalue weighted by Gasteiger charge is -2.28. The molecule has 8 heteroatoms. The summed E-state index contributed by atoms with van der Waals surface area (Å²) in [7, 11) is 1.60. The third-order valence-electron chi connectivity index (χ3n) is 5.44. The quantitative estimate of drug-likeness (QED) is 0.462. The highest BCUT2D eigenvalue weighted by atomic mass is 16.6. The Balaban J connectivity index is 1.70. The number of ether oxygens (including phenoxy) is 3. The highest BCUT2D eigenvalue weighted by molar-refractivity contribution is 5.82. The van der Waals surface area contributed by atoms with Crippen LogP contribution in [0.3, 0.4) is 0 Å². The van der Waals surface area contributed by atoms with Crippen molar-refractivity contribution in [3.05, 3.63) is 71.8 Å². The van der Waals surface area contributed by atoms with Crippen LogP contribution in [0, 0.1) is 0 Å². The zero-order valence-electron chi connectivity index (χ0n) is 20.1. The van der Waals surface area contributed by atoms with Gasteiger partial charge >= 0.3 is 18.2 Å². The predicted octanol–water partition coefficient (Wildman–Crippen LogP) is 4.38. The highest BCUT2D eigenvalue weighted by Gasteiger charge is 2.44. The minimum Gasteiger partial charge on any atom is -0.459 e. The van der Waals surface area contributed by atoms with E-state index in [-0.39, 0.29) is 26.2 Å². The summed E-state index contributed by atoms with van der Waals surface area (Å²) in [6.07, 6.45) is -0.928. The van der Waals surface area contributed by atoms with Gasteiger partial charge in [0.2, 0.25) is 0 Å². The van der Waals surface area contributed by atoms with E-state index in [9.17, 15) is 14.4 Å². The molecule has 2 amide bonds. The molecular weight excluding hydrogens is 436 g/mol. The monoisotopic (exact) mass is 468 g/mol. The SMILES string of the molecule is CN(C(=O)OC(C)(C)C)[C@@H]1C[C@@H](C(=O)OCc2ccccc2)N(C(=O)OCc2ccccc2)C1. The molecule has 0 radical (unpaired) electrons. The molecule has 34 heavy (non-hydrogen) atoms. The average molecular weight is 469 g/mol. The molecule has 2 aromatic carbocycles. The summed E-state index contributed by atoms with van der Waals surface area (Å²) in [4.78, 5) is 41.2. The van der Waals surface area contributed by atoms with E-state index in [4.69, 9.17) is 14.2 Å². The Morgan fingerprint density at radius 3 is 1.97 bits per heavy atom. The lowest BCUT2D eigenvalue weighted by Crippen LogP contribution is -2.43. The van der Waals surface area contributed by atoms with Crippen LogP contribution >= 0.6 is 0 Å². The molecule has 1 saturated heterocycles. The second kappa shape index (κ2) is 11.0. The topological polar surface area (TPSA) is 85.4 Å². The summed E-state index contributed by atoms with van der Waals surface area (Å²) in [6, 6.07) is 17.3. The van der Waals surface area contributed by atoms with Gasteiger partial charge in [-0.25, -0.2) is 14.4 Å². The third kappa shape index (κ3) is 6.97. The summed E-state index contributed by atoms with van der Waals surface area (Å²) < 4.78 is 16.4. The number of hydrogen-bond acceptors (Lipinski definition) is 6. The molecule has 1 aliphatic heterocycles. The number of hydrogen-bond donors (Lipinski definition) is 0. The molecule has 2 aromatic rings. The van der Waals surface area contributed by atoms with Crippen molar-refractivity contribution in [2.75, 3.05) is 13.6 Å². The molecule has 1 aliphatic rings. The van der Waals surface area contributed by atoms with Gasteiger partial charge in [-0.2, -0.15) is 0 Å². The molecule has 0 aromatic heterocycles. The smallest absolute Gasteiger partial charge is 0.410 e. The number of carbonyl (C=O) groups is 3. The Bertz CT molecular complexity index is 910. The normalized spacial score (nSPS) is 17.7. The van der Waals surface area contributed by atoms with Crippen molar-refractivity contribution in [1.82, 2.24) is 9.80 Å². The van der Waals surface area contributed by atoms with Crippen LogP contribution in [0.5, 0.6) is 0 Å². The van der Waals surface area contributed by atoms with Crippen LogP contribution in [-0.4, -0.2) is 59.2 Å². The molecule has 1 fully saturated rings. The Labute approximate surface area is 200 Å². The van der Waals surface area contributed by atoms with Crippen molar-refractivity contribution in [1.29, 1.82) is 0 Å². The minimum atomic E-state index is -0.873. The van der Waals surface area contributed by atoms with E-state index in [2.05, 4.69) is 0 Å². The van der Waals surface area contributed by atoms with Crippen molar-refractivity contribution >= 4 is 18.2 Å². The molecule has 0 saturated carbocycles. The van der Waals surface area contributed by atoms with Crippen LogP contribution in [-0.2, 0) is 32.2 Å². The van der Waals surface area contributed by atoms with Gasteiger partial charge in [-0.05, 0) is 31.9 Å². The van der Waals surface area contributed by atoms with Gasteiger partial charge in [0.05, 0.1) is 6.04 Å². The maximum Gasteiger partial charge on any atom is 0.410 e. The largest absolute Gasteiger partial charge is 0.459 e. The lowest BCUT2D eigenvalue weighted by atomic mass is 10.1. The number of benzene rings is 2. The maximum atomic E-state index is 13.0. The van der Waals surface area contributed by atoms with Gasteiger partial charge < -0.3 is 19.1 Å². The number of rotatable bonds is 6. The number of nitrogens with zero attached hydrogens (tertiary/aromatic N) is 2. The van der Waals surface area contributed by atoms with E-state index in [0.717, 1.165) is 11.1 Å². The lowest BCUT2D eigenvalue weighted by molar-refractivity contribution is -0.149. The van der Waals surface area contributed by atoms with E-state index in [1.165, 1.54) is 9.80 Å². The molecular formula is C26H32N2O6. The van der Waals surface area contributed by atoms with Gasteiger partial charge in [0.1, 0.15) is 24.9 Å². The van der Waals surface area contributed by atoms with Crippen LogP contribution in [0.2, 0.25) is 0 Å². The molecule has 0 aliphatic carbocycles. The molecule has 8 nitrogen and oxygen atoms in total. The van der Waals surface area contributed by atoms with Crippen LogP contribution in [0.4, 0.5) is 9.59 Å². The molecule has 0 spiro atoms. The van der Waals surface area contributed by atoms with Gasteiger partial charge in [0.25, 0.3) is 0 Å².